The fourth-order valence-corrected chi connectivity index (χ4v) is 22.4. The Hall–Kier alpha value is -11.9. The molecule has 0 fully saturated rings. The number of hydrogen-bond acceptors (Lipinski definition) is 3. The van der Waals surface area contributed by atoms with E-state index >= 15 is 0 Å². The van der Waals surface area contributed by atoms with Crippen LogP contribution in [0.1, 0.15) is 148 Å². The maximum Gasteiger partial charge on any atom is 0.247 e. The van der Waals surface area contributed by atoms with E-state index in [1.807, 2.05) is 0 Å². The average molecular weight is 1440 g/mol. The third-order valence-corrected chi connectivity index (χ3v) is 27.8. The molecule has 15 aromatic rings. The topological polar surface area (TPSA) is 14.7 Å². The van der Waals surface area contributed by atoms with Crippen LogP contribution in [0.15, 0.2) is 303 Å². The summed E-state index contributed by atoms with van der Waals surface area (Å²) in [6, 6.07) is 114. The third-order valence-electron chi connectivity index (χ3n) is 27.8. The van der Waals surface area contributed by atoms with Crippen LogP contribution in [-0.2, 0) is 21.7 Å². The number of benzene rings is 14. The minimum Gasteiger partial charge on any atom is -0.313 e. The Morgan fingerprint density at radius 2 is 0.732 bits per heavy atom. The van der Waals surface area contributed by atoms with Crippen molar-refractivity contribution in [2.75, 3.05) is 14.7 Å². The molecule has 1 aromatic heterocycles. The van der Waals surface area contributed by atoms with Gasteiger partial charge in [-0.15, -0.1) is 0 Å². The van der Waals surface area contributed by atoms with Gasteiger partial charge in [-0.05, 0) is 217 Å². The lowest BCUT2D eigenvalue weighted by Crippen LogP contribution is -2.65. The zero-order valence-electron chi connectivity index (χ0n) is 66.6. The summed E-state index contributed by atoms with van der Waals surface area (Å²) in [6.45, 7) is 35.8. The smallest absolute Gasteiger partial charge is 0.247 e. The molecule has 0 radical (unpaired) electrons. The van der Waals surface area contributed by atoms with E-state index in [1.165, 1.54) is 155 Å². The second-order valence-corrected chi connectivity index (χ2v) is 35.5. The SMILES string of the molecule is C=C(C)C(C)(CC)[C@H](C)B1c2cc(C(C)(C)C)ccc2N2c3ccc(C(C)(C)C)cc3B(c3c(C)cc(C)cc3C)c3cc(-n4c5c(N6c7ccccc7C7(c8ccccc8-c8ccccc87)c7ccccc76)cccc5c5cccc(N6c7ccccc7C7(c8ccccc8-c8ccccc87)c7ccccc76)c54)cc1c32. The number of rotatable bonds is 8. The molecule has 4 aliphatic heterocycles. The highest BCUT2D eigenvalue weighted by atomic mass is 15.2. The molecule has 14 aromatic carbocycles. The summed E-state index contributed by atoms with van der Waals surface area (Å²) in [5, 5.41) is 2.35. The van der Waals surface area contributed by atoms with Gasteiger partial charge in [0.2, 0.25) is 13.4 Å². The van der Waals surface area contributed by atoms with E-state index in [4.69, 9.17) is 6.58 Å². The van der Waals surface area contributed by atoms with E-state index < -0.39 is 10.8 Å². The number of aryl methyl sites for hydroxylation is 3. The summed E-state index contributed by atoms with van der Waals surface area (Å²) in [5.74, 6) is 0.0970. The van der Waals surface area contributed by atoms with Gasteiger partial charge >= 0.3 is 0 Å². The minimum absolute atomic E-state index is 0.0735. The highest BCUT2D eigenvalue weighted by Crippen LogP contribution is 2.67. The molecule has 0 N–H and O–H groups in total. The van der Waals surface area contributed by atoms with Gasteiger partial charge in [0.05, 0.1) is 56.0 Å². The van der Waals surface area contributed by atoms with E-state index in [0.29, 0.717) is 0 Å². The fraction of sp³-hybridized carbons (Fsp3) is 0.189. The Morgan fingerprint density at radius 1 is 0.375 bits per heavy atom. The van der Waals surface area contributed by atoms with Gasteiger partial charge in [-0.25, -0.2) is 0 Å². The van der Waals surface area contributed by atoms with Gasteiger partial charge in [0.15, 0.2) is 0 Å². The summed E-state index contributed by atoms with van der Waals surface area (Å²) in [4.78, 5) is 8.05. The molecule has 542 valence electrons. The van der Waals surface area contributed by atoms with E-state index in [-0.39, 0.29) is 35.5 Å². The van der Waals surface area contributed by atoms with Crippen molar-refractivity contribution in [2.45, 2.75) is 124 Å². The van der Waals surface area contributed by atoms with Crippen molar-refractivity contribution in [1.82, 2.24) is 4.57 Å². The molecule has 6 heteroatoms. The molecule has 0 saturated heterocycles. The Bertz CT molecular complexity index is 6120. The Kier molecular flexibility index (Phi) is 14.7. The second kappa shape index (κ2) is 24.1. The number of allylic oxidation sites excluding steroid dienone is 1. The molecule has 2 aliphatic carbocycles. The molecule has 5 heterocycles. The Labute approximate surface area is 661 Å². The largest absolute Gasteiger partial charge is 0.313 e. The minimum atomic E-state index is -0.611. The van der Waals surface area contributed by atoms with Crippen molar-refractivity contribution < 1.29 is 0 Å². The zero-order valence-corrected chi connectivity index (χ0v) is 66.6. The maximum atomic E-state index is 4.94. The number of para-hydroxylation sites is 6. The molecule has 6 aliphatic rings. The highest BCUT2D eigenvalue weighted by Gasteiger charge is 2.55. The van der Waals surface area contributed by atoms with Gasteiger partial charge in [0, 0.05) is 33.5 Å². The van der Waals surface area contributed by atoms with Crippen LogP contribution in [0.2, 0.25) is 5.82 Å². The molecule has 4 nitrogen and oxygen atoms in total. The van der Waals surface area contributed by atoms with Crippen LogP contribution in [-0.4, -0.2) is 18.0 Å². The fourth-order valence-electron chi connectivity index (χ4n) is 22.4. The van der Waals surface area contributed by atoms with Crippen LogP contribution in [0.5, 0.6) is 0 Å². The molecule has 112 heavy (non-hydrogen) atoms. The van der Waals surface area contributed by atoms with Crippen LogP contribution in [0.4, 0.5) is 51.2 Å². The molecule has 0 saturated carbocycles. The first kappa shape index (κ1) is 68.2. The van der Waals surface area contributed by atoms with Crippen LogP contribution in [0.25, 0.3) is 49.7 Å². The summed E-state index contributed by atoms with van der Waals surface area (Å²) in [5.41, 5.74) is 42.2. The van der Waals surface area contributed by atoms with E-state index in [1.54, 1.807) is 0 Å². The molecular weight excluding hydrogens is 1350 g/mol. The van der Waals surface area contributed by atoms with Gasteiger partial charge in [-0.1, -0.05) is 327 Å². The lowest BCUT2D eigenvalue weighted by Gasteiger charge is -2.48. The third kappa shape index (κ3) is 8.98. The predicted octanol–water partition coefficient (Wildman–Crippen LogP) is 24.2. The van der Waals surface area contributed by atoms with Gasteiger partial charge < -0.3 is 19.3 Å². The molecule has 21 rings (SSSR count). The first-order valence-electron chi connectivity index (χ1n) is 40.6. The van der Waals surface area contributed by atoms with Gasteiger partial charge in [-0.2, -0.15) is 0 Å². The monoisotopic (exact) mass is 1440 g/mol. The lowest BCUT2D eigenvalue weighted by molar-refractivity contribution is 0.366. The summed E-state index contributed by atoms with van der Waals surface area (Å²) >= 11 is 0. The van der Waals surface area contributed by atoms with Crippen molar-refractivity contribution in [3.05, 3.63) is 376 Å². The van der Waals surface area contributed by atoms with Crippen LogP contribution < -0.4 is 42.0 Å². The van der Waals surface area contributed by atoms with Crippen molar-refractivity contribution in [2.24, 2.45) is 5.41 Å². The summed E-state index contributed by atoms with van der Waals surface area (Å²) in [7, 11) is 0. The summed E-state index contributed by atoms with van der Waals surface area (Å²) < 4.78 is 2.79. The van der Waals surface area contributed by atoms with Crippen molar-refractivity contribution in [3.8, 4) is 27.9 Å². The van der Waals surface area contributed by atoms with Crippen LogP contribution in [0, 0.1) is 26.2 Å². The van der Waals surface area contributed by atoms with E-state index in [0.717, 1.165) is 57.3 Å². The molecule has 0 amide bonds. The van der Waals surface area contributed by atoms with Gasteiger partial charge in [0.1, 0.15) is 0 Å². The number of fused-ring (bicyclic) bond motifs is 25. The first-order chi connectivity index (χ1) is 54.2. The standard InChI is InChI=1S/C106H92B2N4/c1-15-104(14,64(2)3)68(7)107-86-60-69(102(8,9)10)54-56-94(86)112-95-57-55-70(103(11,12)13)61-87(95)108(98-66(5)58-65(4)59-67(98)6)89-63-71(62-88(107)101(89)112)109-99-76(38-32-52-96(99)110-90-48-28-24-44-82(90)105(83-45-25-29-49-91(83)110)78-40-20-16-34-72(78)73-35-17-21-41-79(73)105)77-39-33-53-97(100(77)109)111-92-50-30-26-46-84(92)106(85-47-27-31-51-93(85)111)80-42-22-18-36-74(80)75-37-19-23-43-81(75)106/h16-63,68H,2,15H2,1,3-14H3/t68-,104?/m0/s1. The molecule has 2 spiro atoms. The van der Waals surface area contributed by atoms with Crippen molar-refractivity contribution in [1.29, 1.82) is 0 Å². The maximum absolute atomic E-state index is 4.94. The number of anilines is 9. The molecule has 0 bridgehead atoms. The first-order valence-corrected chi connectivity index (χ1v) is 40.6. The highest BCUT2D eigenvalue weighted by molar-refractivity contribution is 7.00. The van der Waals surface area contributed by atoms with Gasteiger partial charge in [0.25, 0.3) is 0 Å². The Balaban J connectivity index is 0.941. The molecule has 1 unspecified atom stereocenters. The molecule has 2 atom stereocenters. The van der Waals surface area contributed by atoms with Crippen LogP contribution in [0.3, 0.4) is 0 Å². The number of aromatic nitrogens is 1. The number of nitrogens with zero attached hydrogens (tertiary/aromatic N) is 4. The zero-order chi connectivity index (χ0) is 76.6. The number of hydrogen-bond donors (Lipinski definition) is 0. The Morgan fingerprint density at radius 3 is 1.12 bits per heavy atom. The lowest BCUT2D eigenvalue weighted by atomic mass is 9.26. The van der Waals surface area contributed by atoms with Crippen molar-refractivity contribution in [3.63, 3.8) is 0 Å². The molecular formula is C106H92B2N4. The van der Waals surface area contributed by atoms with Gasteiger partial charge in [-0.3, -0.25) is 0 Å². The van der Waals surface area contributed by atoms with Crippen molar-refractivity contribution >= 4 is 114 Å². The van der Waals surface area contributed by atoms with Crippen LogP contribution >= 0.6 is 0 Å². The second-order valence-electron chi connectivity index (χ2n) is 35.5. The predicted molar refractivity (Wildman–Crippen MR) is 477 cm³/mol. The quantitative estimate of drug-likeness (QED) is 0.111. The average Bonchev–Trinajstić information content (AvgIpc) is 1.51. The normalized spacial score (nSPS) is 15.5. The summed E-state index contributed by atoms with van der Waals surface area (Å²) in [6.07, 6.45) is 0.941. The van der Waals surface area contributed by atoms with E-state index in [9.17, 15) is 0 Å². The van der Waals surface area contributed by atoms with E-state index in [2.05, 4.69) is 400 Å².